The number of nitrogens with one attached hydrogen (secondary N) is 1. The minimum absolute atomic E-state index is 0.329. The molecule has 4 rings (SSSR count). The van der Waals surface area contributed by atoms with Crippen molar-refractivity contribution in [2.45, 2.75) is 44.7 Å². The summed E-state index contributed by atoms with van der Waals surface area (Å²) < 4.78 is 11.1. The third-order valence-corrected chi connectivity index (χ3v) is 3.96. The third-order valence-electron chi connectivity index (χ3n) is 3.96. The SMILES string of the molecule is c1cc2c(cc1Oc1nc(CNC3CC3)co1)CCC2. The summed E-state index contributed by atoms with van der Waals surface area (Å²) >= 11 is 0. The van der Waals surface area contributed by atoms with Crippen LogP contribution < -0.4 is 10.1 Å². The van der Waals surface area contributed by atoms with Gasteiger partial charge >= 0.3 is 6.08 Å². The molecule has 2 aliphatic carbocycles. The van der Waals surface area contributed by atoms with Gasteiger partial charge in [-0.1, -0.05) is 6.07 Å². The lowest BCUT2D eigenvalue weighted by atomic mass is 10.1. The van der Waals surface area contributed by atoms with Crippen LogP contribution in [0.15, 0.2) is 28.9 Å². The lowest BCUT2D eigenvalue weighted by molar-refractivity contribution is 0.330. The molecule has 1 aromatic carbocycles. The molecule has 2 aromatic rings. The van der Waals surface area contributed by atoms with E-state index in [1.54, 1.807) is 6.26 Å². The Morgan fingerprint density at radius 2 is 2.15 bits per heavy atom. The molecule has 0 bridgehead atoms. The van der Waals surface area contributed by atoms with Crippen LogP contribution in [0.1, 0.15) is 36.1 Å². The average Bonchev–Trinajstić information content (AvgIpc) is 2.99. The molecule has 1 aromatic heterocycles. The number of hydrogen-bond acceptors (Lipinski definition) is 4. The lowest BCUT2D eigenvalue weighted by Crippen LogP contribution is -2.15. The molecule has 0 unspecified atom stereocenters. The maximum absolute atomic E-state index is 5.70. The molecule has 104 valence electrons. The first kappa shape index (κ1) is 12.0. The molecule has 0 radical (unpaired) electrons. The lowest BCUT2D eigenvalue weighted by Gasteiger charge is -2.03. The molecule has 1 heterocycles. The Labute approximate surface area is 118 Å². The van der Waals surface area contributed by atoms with E-state index in [2.05, 4.69) is 22.4 Å². The normalized spacial score (nSPS) is 17.2. The minimum Gasteiger partial charge on any atom is -0.417 e. The highest BCUT2D eigenvalue weighted by molar-refractivity contribution is 5.39. The van der Waals surface area contributed by atoms with Gasteiger partial charge in [0.05, 0.1) is 5.69 Å². The Hall–Kier alpha value is -1.81. The number of hydrogen-bond donors (Lipinski definition) is 1. The Morgan fingerprint density at radius 3 is 3.05 bits per heavy atom. The van der Waals surface area contributed by atoms with Gasteiger partial charge < -0.3 is 14.5 Å². The highest BCUT2D eigenvalue weighted by Crippen LogP contribution is 2.28. The van der Waals surface area contributed by atoms with Crippen molar-refractivity contribution < 1.29 is 9.15 Å². The summed E-state index contributed by atoms with van der Waals surface area (Å²) in [6.45, 7) is 0.752. The van der Waals surface area contributed by atoms with Gasteiger partial charge in [-0.3, -0.25) is 0 Å². The Bertz CT molecular complexity index is 617. The molecule has 4 nitrogen and oxygen atoms in total. The molecule has 1 N–H and O–H groups in total. The summed E-state index contributed by atoms with van der Waals surface area (Å²) in [4.78, 5) is 4.35. The molecule has 0 amide bonds. The second kappa shape index (κ2) is 4.94. The van der Waals surface area contributed by atoms with Gasteiger partial charge in [0.15, 0.2) is 0 Å². The number of oxazole rings is 1. The molecule has 1 saturated carbocycles. The van der Waals surface area contributed by atoms with Crippen molar-refractivity contribution in [3.05, 3.63) is 41.3 Å². The van der Waals surface area contributed by atoms with Crippen molar-refractivity contribution in [1.82, 2.24) is 10.3 Å². The van der Waals surface area contributed by atoms with Crippen LogP contribution in [-0.2, 0) is 19.4 Å². The van der Waals surface area contributed by atoms with Crippen LogP contribution in [0.4, 0.5) is 0 Å². The molecule has 0 saturated heterocycles. The van der Waals surface area contributed by atoms with Crippen molar-refractivity contribution in [2.24, 2.45) is 0 Å². The molecule has 0 aliphatic heterocycles. The van der Waals surface area contributed by atoms with Crippen LogP contribution >= 0.6 is 0 Å². The minimum atomic E-state index is 0.329. The van der Waals surface area contributed by atoms with Gasteiger partial charge in [0.1, 0.15) is 12.0 Å². The molecular formula is C16H18N2O2. The van der Waals surface area contributed by atoms with Gasteiger partial charge in [-0.2, -0.15) is 4.98 Å². The second-order valence-corrected chi connectivity index (χ2v) is 5.65. The summed E-state index contributed by atoms with van der Waals surface area (Å²) in [5.41, 5.74) is 3.73. The zero-order chi connectivity index (χ0) is 13.4. The number of rotatable bonds is 5. The van der Waals surface area contributed by atoms with Crippen LogP contribution in [-0.4, -0.2) is 11.0 Å². The number of fused-ring (bicyclic) bond motifs is 1. The van der Waals surface area contributed by atoms with Crippen LogP contribution in [0.25, 0.3) is 0 Å². The quantitative estimate of drug-likeness (QED) is 0.906. The molecule has 2 aliphatic rings. The van der Waals surface area contributed by atoms with E-state index in [4.69, 9.17) is 9.15 Å². The van der Waals surface area contributed by atoms with E-state index >= 15 is 0 Å². The maximum Gasteiger partial charge on any atom is 0.399 e. The largest absolute Gasteiger partial charge is 0.417 e. The molecule has 4 heteroatoms. The molecule has 0 atom stereocenters. The summed E-state index contributed by atoms with van der Waals surface area (Å²) in [5.74, 6) is 0.814. The van der Waals surface area contributed by atoms with E-state index in [1.165, 1.54) is 36.8 Å². The van der Waals surface area contributed by atoms with Crippen molar-refractivity contribution in [2.75, 3.05) is 0 Å². The smallest absolute Gasteiger partial charge is 0.399 e. The maximum atomic E-state index is 5.70. The van der Waals surface area contributed by atoms with E-state index in [0.29, 0.717) is 12.1 Å². The Balaban J connectivity index is 1.42. The van der Waals surface area contributed by atoms with E-state index in [0.717, 1.165) is 24.4 Å². The predicted molar refractivity (Wildman–Crippen MR) is 74.9 cm³/mol. The first-order valence-electron chi connectivity index (χ1n) is 7.34. The monoisotopic (exact) mass is 270 g/mol. The molecule has 20 heavy (non-hydrogen) atoms. The summed E-state index contributed by atoms with van der Waals surface area (Å²) in [7, 11) is 0. The van der Waals surface area contributed by atoms with E-state index in [9.17, 15) is 0 Å². The van der Waals surface area contributed by atoms with E-state index in [-0.39, 0.29) is 0 Å². The first-order chi connectivity index (χ1) is 9.87. The fourth-order valence-corrected chi connectivity index (χ4v) is 2.67. The molecular weight excluding hydrogens is 252 g/mol. The standard InChI is InChI=1S/C16H18N2O2/c1-2-11-4-7-15(8-12(11)3-1)20-16-18-14(10-19-16)9-17-13-5-6-13/h4,7-8,10,13,17H,1-3,5-6,9H2. The zero-order valence-electron chi connectivity index (χ0n) is 11.4. The number of benzene rings is 1. The van der Waals surface area contributed by atoms with Gasteiger partial charge in [0, 0.05) is 12.6 Å². The van der Waals surface area contributed by atoms with Crippen LogP contribution in [0, 0.1) is 0 Å². The number of ether oxygens (including phenoxy) is 1. The first-order valence-corrected chi connectivity index (χ1v) is 7.34. The topological polar surface area (TPSA) is 47.3 Å². The summed E-state index contributed by atoms with van der Waals surface area (Å²) in [6.07, 6.45) is 8.12. The van der Waals surface area contributed by atoms with Gasteiger partial charge in [-0.15, -0.1) is 0 Å². The molecule has 0 spiro atoms. The van der Waals surface area contributed by atoms with Crippen LogP contribution in [0.5, 0.6) is 11.8 Å². The highest BCUT2D eigenvalue weighted by atomic mass is 16.6. The van der Waals surface area contributed by atoms with Crippen molar-refractivity contribution in [3.8, 4) is 11.8 Å². The van der Waals surface area contributed by atoms with Crippen LogP contribution in [0.2, 0.25) is 0 Å². The number of aromatic nitrogens is 1. The van der Waals surface area contributed by atoms with Crippen molar-refractivity contribution >= 4 is 0 Å². The van der Waals surface area contributed by atoms with Gasteiger partial charge in [0.25, 0.3) is 0 Å². The average molecular weight is 270 g/mol. The highest BCUT2D eigenvalue weighted by Gasteiger charge is 2.20. The Kier molecular flexibility index (Phi) is 2.96. The number of aryl methyl sites for hydroxylation is 2. The van der Waals surface area contributed by atoms with Gasteiger partial charge in [-0.25, -0.2) is 0 Å². The summed E-state index contributed by atoms with van der Waals surface area (Å²) in [5, 5.41) is 3.41. The summed E-state index contributed by atoms with van der Waals surface area (Å²) in [6, 6.07) is 6.93. The van der Waals surface area contributed by atoms with E-state index < -0.39 is 0 Å². The molecule has 1 fully saturated rings. The third kappa shape index (κ3) is 2.56. The van der Waals surface area contributed by atoms with Crippen molar-refractivity contribution in [3.63, 3.8) is 0 Å². The fourth-order valence-electron chi connectivity index (χ4n) is 2.67. The van der Waals surface area contributed by atoms with Gasteiger partial charge in [0.2, 0.25) is 0 Å². The predicted octanol–water partition coefficient (Wildman–Crippen LogP) is 3.21. The number of nitrogens with zero attached hydrogens (tertiary/aromatic N) is 1. The second-order valence-electron chi connectivity index (χ2n) is 5.65. The van der Waals surface area contributed by atoms with Crippen LogP contribution in [0.3, 0.4) is 0 Å². The van der Waals surface area contributed by atoms with Crippen molar-refractivity contribution in [1.29, 1.82) is 0 Å². The van der Waals surface area contributed by atoms with E-state index in [1.807, 2.05) is 6.07 Å². The Morgan fingerprint density at radius 1 is 1.25 bits per heavy atom. The van der Waals surface area contributed by atoms with Gasteiger partial charge in [-0.05, 0) is 55.4 Å². The fraction of sp³-hybridized carbons (Fsp3) is 0.438. The zero-order valence-corrected chi connectivity index (χ0v) is 11.4.